The maximum Gasteiger partial charge on any atom is 0.127 e. The van der Waals surface area contributed by atoms with Crippen LogP contribution in [0, 0.1) is 0 Å². The quantitative estimate of drug-likeness (QED) is 0.767. The Morgan fingerprint density at radius 1 is 1.33 bits per heavy atom. The van der Waals surface area contributed by atoms with Gasteiger partial charge in [-0.3, -0.25) is 4.68 Å². The zero-order valence-corrected chi connectivity index (χ0v) is 8.46. The summed E-state index contributed by atoms with van der Waals surface area (Å²) in [7, 11) is 1.75. The van der Waals surface area contributed by atoms with Crippen LogP contribution in [0.5, 0.6) is 0 Å². The van der Waals surface area contributed by atoms with E-state index in [0.29, 0.717) is 11.4 Å². The van der Waals surface area contributed by atoms with Gasteiger partial charge in [0, 0.05) is 12.6 Å². The molecule has 78 valence electrons. The van der Waals surface area contributed by atoms with E-state index in [1.165, 1.54) is 0 Å². The number of nitrogens with zero attached hydrogens (tertiary/aromatic N) is 2. The number of hydrogen-bond acceptors (Lipinski definition) is 3. The minimum Gasteiger partial charge on any atom is -0.384 e. The number of benzene rings is 1. The molecule has 0 saturated carbocycles. The predicted molar refractivity (Wildman–Crippen MR) is 58.1 cm³/mol. The van der Waals surface area contributed by atoms with Crippen LogP contribution in [0.25, 0.3) is 0 Å². The highest BCUT2D eigenvalue weighted by molar-refractivity contribution is 5.44. The van der Waals surface area contributed by atoms with Gasteiger partial charge in [0.1, 0.15) is 11.9 Å². The molecule has 4 nitrogen and oxygen atoms in total. The van der Waals surface area contributed by atoms with Gasteiger partial charge in [-0.15, -0.1) is 0 Å². The van der Waals surface area contributed by atoms with Gasteiger partial charge in [0.2, 0.25) is 0 Å². The second kappa shape index (κ2) is 3.74. The highest BCUT2D eigenvalue weighted by atomic mass is 16.3. The summed E-state index contributed by atoms with van der Waals surface area (Å²) in [5.41, 5.74) is 7.24. The maximum atomic E-state index is 10.1. The molecule has 4 heteroatoms. The number of nitrogen functional groups attached to an aromatic ring is 1. The lowest BCUT2D eigenvalue weighted by Gasteiger charge is -2.09. The van der Waals surface area contributed by atoms with Crippen molar-refractivity contribution in [3.8, 4) is 0 Å². The summed E-state index contributed by atoms with van der Waals surface area (Å²) in [6, 6.07) is 9.38. The van der Waals surface area contributed by atoms with Gasteiger partial charge in [-0.1, -0.05) is 30.3 Å². The van der Waals surface area contributed by atoms with E-state index in [-0.39, 0.29) is 0 Å². The summed E-state index contributed by atoms with van der Waals surface area (Å²) in [4.78, 5) is 0. The fraction of sp³-hybridized carbons (Fsp3) is 0.182. The lowest BCUT2D eigenvalue weighted by Crippen LogP contribution is -2.04. The molecule has 1 unspecified atom stereocenters. The number of nitrogens with two attached hydrogens (primary N) is 1. The molecule has 0 aliphatic rings. The average molecular weight is 203 g/mol. The van der Waals surface area contributed by atoms with Crippen molar-refractivity contribution >= 4 is 5.82 Å². The van der Waals surface area contributed by atoms with Gasteiger partial charge in [-0.25, -0.2) is 0 Å². The molecule has 1 aromatic carbocycles. The van der Waals surface area contributed by atoms with Crippen molar-refractivity contribution in [2.75, 3.05) is 5.73 Å². The molecule has 1 aromatic heterocycles. The standard InChI is InChI=1S/C11H13N3O/c1-14-11(12)9(7-13-14)10(15)8-5-3-2-4-6-8/h2-7,10,15H,12H2,1H3. The fourth-order valence-electron chi connectivity index (χ4n) is 1.49. The van der Waals surface area contributed by atoms with E-state index >= 15 is 0 Å². The van der Waals surface area contributed by atoms with E-state index in [9.17, 15) is 5.11 Å². The minimum atomic E-state index is -0.708. The Morgan fingerprint density at radius 2 is 2.00 bits per heavy atom. The number of hydrogen-bond donors (Lipinski definition) is 2. The third kappa shape index (κ3) is 1.71. The number of aliphatic hydroxyl groups is 1. The first-order chi connectivity index (χ1) is 7.20. The maximum absolute atomic E-state index is 10.1. The van der Waals surface area contributed by atoms with E-state index in [4.69, 9.17) is 5.73 Å². The number of anilines is 1. The SMILES string of the molecule is Cn1ncc(C(O)c2ccccc2)c1N. The molecular formula is C11H13N3O. The Bertz CT molecular complexity index is 450. The van der Waals surface area contributed by atoms with Crippen molar-refractivity contribution in [3.63, 3.8) is 0 Å². The molecule has 2 aromatic rings. The molecule has 0 radical (unpaired) electrons. The van der Waals surface area contributed by atoms with Crippen molar-refractivity contribution in [1.29, 1.82) is 0 Å². The molecule has 2 rings (SSSR count). The monoisotopic (exact) mass is 203 g/mol. The van der Waals surface area contributed by atoms with Crippen LogP contribution in [0.1, 0.15) is 17.2 Å². The summed E-state index contributed by atoms with van der Waals surface area (Å²) >= 11 is 0. The number of aryl methyl sites for hydroxylation is 1. The largest absolute Gasteiger partial charge is 0.384 e. The first kappa shape index (κ1) is 9.73. The molecular weight excluding hydrogens is 190 g/mol. The topological polar surface area (TPSA) is 64.1 Å². The zero-order chi connectivity index (χ0) is 10.8. The van der Waals surface area contributed by atoms with Crippen LogP contribution in [0.3, 0.4) is 0 Å². The number of aromatic nitrogens is 2. The predicted octanol–water partition coefficient (Wildman–Crippen LogP) is 1.08. The first-order valence-electron chi connectivity index (χ1n) is 4.70. The Kier molecular flexibility index (Phi) is 2.43. The minimum absolute atomic E-state index is 0.492. The molecule has 1 atom stereocenters. The molecule has 0 aliphatic heterocycles. The summed E-state index contributed by atoms with van der Waals surface area (Å²) in [5, 5.41) is 14.0. The van der Waals surface area contributed by atoms with Crippen LogP contribution in [0.4, 0.5) is 5.82 Å². The van der Waals surface area contributed by atoms with Crippen LogP contribution in [-0.2, 0) is 7.05 Å². The molecule has 0 saturated heterocycles. The third-order valence-corrected chi connectivity index (χ3v) is 2.42. The van der Waals surface area contributed by atoms with Crippen LogP contribution in [0.2, 0.25) is 0 Å². The van der Waals surface area contributed by atoms with E-state index < -0.39 is 6.10 Å². The van der Waals surface area contributed by atoms with E-state index in [2.05, 4.69) is 5.10 Å². The summed E-state index contributed by atoms with van der Waals surface area (Å²) < 4.78 is 1.54. The van der Waals surface area contributed by atoms with E-state index in [1.807, 2.05) is 30.3 Å². The van der Waals surface area contributed by atoms with E-state index in [1.54, 1.807) is 17.9 Å². The molecule has 3 N–H and O–H groups in total. The Balaban J connectivity index is 2.37. The van der Waals surface area contributed by atoms with Crippen LogP contribution < -0.4 is 5.73 Å². The number of rotatable bonds is 2. The Hall–Kier alpha value is -1.81. The highest BCUT2D eigenvalue weighted by Gasteiger charge is 2.15. The lowest BCUT2D eigenvalue weighted by molar-refractivity contribution is 0.221. The molecule has 0 spiro atoms. The van der Waals surface area contributed by atoms with Crippen LogP contribution in [0.15, 0.2) is 36.5 Å². The molecule has 1 heterocycles. The molecule has 0 aliphatic carbocycles. The van der Waals surface area contributed by atoms with Gasteiger partial charge in [-0.05, 0) is 5.56 Å². The van der Waals surface area contributed by atoms with Gasteiger partial charge in [0.15, 0.2) is 0 Å². The fourth-order valence-corrected chi connectivity index (χ4v) is 1.49. The van der Waals surface area contributed by atoms with Gasteiger partial charge in [0.05, 0.1) is 6.20 Å². The normalized spacial score (nSPS) is 12.7. The first-order valence-corrected chi connectivity index (χ1v) is 4.70. The summed E-state index contributed by atoms with van der Waals surface area (Å²) in [6.07, 6.45) is 0.882. The average Bonchev–Trinajstić information content (AvgIpc) is 2.60. The van der Waals surface area contributed by atoms with Crippen LogP contribution >= 0.6 is 0 Å². The Morgan fingerprint density at radius 3 is 2.53 bits per heavy atom. The molecule has 15 heavy (non-hydrogen) atoms. The molecule has 0 amide bonds. The van der Waals surface area contributed by atoms with Crippen molar-refractivity contribution in [3.05, 3.63) is 47.7 Å². The highest BCUT2D eigenvalue weighted by Crippen LogP contribution is 2.25. The van der Waals surface area contributed by atoms with Crippen molar-refractivity contribution in [2.24, 2.45) is 7.05 Å². The van der Waals surface area contributed by atoms with Crippen molar-refractivity contribution < 1.29 is 5.11 Å². The summed E-state index contributed by atoms with van der Waals surface area (Å²) in [6.45, 7) is 0. The third-order valence-electron chi connectivity index (χ3n) is 2.42. The van der Waals surface area contributed by atoms with Gasteiger partial charge in [-0.2, -0.15) is 5.10 Å². The van der Waals surface area contributed by atoms with E-state index in [0.717, 1.165) is 5.56 Å². The second-order valence-electron chi connectivity index (χ2n) is 3.42. The second-order valence-corrected chi connectivity index (χ2v) is 3.42. The number of aliphatic hydroxyl groups excluding tert-OH is 1. The molecule has 0 fully saturated rings. The van der Waals surface area contributed by atoms with Crippen molar-refractivity contribution in [1.82, 2.24) is 9.78 Å². The molecule has 0 bridgehead atoms. The lowest BCUT2D eigenvalue weighted by atomic mass is 10.0. The van der Waals surface area contributed by atoms with Crippen LogP contribution in [-0.4, -0.2) is 14.9 Å². The smallest absolute Gasteiger partial charge is 0.127 e. The van der Waals surface area contributed by atoms with Gasteiger partial charge in [0.25, 0.3) is 0 Å². The summed E-state index contributed by atoms with van der Waals surface area (Å²) in [5.74, 6) is 0.492. The Labute approximate surface area is 88.0 Å². The van der Waals surface area contributed by atoms with Gasteiger partial charge >= 0.3 is 0 Å². The van der Waals surface area contributed by atoms with Gasteiger partial charge < -0.3 is 10.8 Å². The van der Waals surface area contributed by atoms with Crippen molar-refractivity contribution in [2.45, 2.75) is 6.10 Å². The zero-order valence-electron chi connectivity index (χ0n) is 8.46.